The second kappa shape index (κ2) is 8.37. The monoisotopic (exact) mass is 385 g/mol. The smallest absolute Gasteiger partial charge is 0.262 e. The number of halogens is 1. The molecule has 0 aliphatic heterocycles. The van der Waals surface area contributed by atoms with Crippen LogP contribution in [0.4, 0.5) is 11.5 Å². The zero-order valence-corrected chi connectivity index (χ0v) is 15.1. The summed E-state index contributed by atoms with van der Waals surface area (Å²) in [4.78, 5) is 24.6. The number of aromatic nitrogens is 1. The Kier molecular flexibility index (Phi) is 5.73. The van der Waals surface area contributed by atoms with Crippen molar-refractivity contribution < 1.29 is 18.8 Å². The van der Waals surface area contributed by atoms with E-state index < -0.39 is 11.8 Å². The molecule has 0 aliphatic rings. The van der Waals surface area contributed by atoms with Crippen LogP contribution in [0.25, 0.3) is 0 Å². The van der Waals surface area contributed by atoms with Crippen LogP contribution in [0, 0.1) is 6.92 Å². The largest absolute Gasteiger partial charge is 0.484 e. The first-order chi connectivity index (χ1) is 13.0. The number of hydrogen-bond donors (Lipinski definition) is 2. The number of benzene rings is 2. The van der Waals surface area contributed by atoms with Crippen LogP contribution in [-0.4, -0.2) is 23.6 Å². The molecule has 2 N–H and O–H groups in total. The molecule has 0 unspecified atom stereocenters. The lowest BCUT2D eigenvalue weighted by Crippen LogP contribution is -2.22. The van der Waals surface area contributed by atoms with E-state index in [1.165, 1.54) is 0 Å². The number of amides is 2. The first kappa shape index (κ1) is 18.5. The van der Waals surface area contributed by atoms with Gasteiger partial charge in [-0.1, -0.05) is 28.9 Å². The number of nitrogens with one attached hydrogen (secondary N) is 2. The molecule has 27 heavy (non-hydrogen) atoms. The van der Waals surface area contributed by atoms with Gasteiger partial charge in [0.25, 0.3) is 11.8 Å². The Morgan fingerprint density at radius 3 is 2.56 bits per heavy atom. The Hall–Kier alpha value is -3.32. The lowest BCUT2D eigenvalue weighted by molar-refractivity contribution is -0.118. The molecular weight excluding hydrogens is 370 g/mol. The van der Waals surface area contributed by atoms with Gasteiger partial charge in [-0.15, -0.1) is 0 Å². The van der Waals surface area contributed by atoms with Crippen LogP contribution in [-0.2, 0) is 4.79 Å². The number of nitrogens with zero attached hydrogens (tertiary/aromatic N) is 1. The van der Waals surface area contributed by atoms with E-state index in [-0.39, 0.29) is 12.2 Å². The molecule has 8 heteroatoms. The minimum Gasteiger partial charge on any atom is -0.484 e. The maximum absolute atomic E-state index is 12.4. The SMILES string of the molecule is Cc1cc(NC(=O)c2ccccc2NC(=O)COc2ccc(Cl)cc2)no1. The summed E-state index contributed by atoms with van der Waals surface area (Å²) in [7, 11) is 0. The second-order valence-electron chi connectivity index (χ2n) is 5.61. The van der Waals surface area contributed by atoms with Crippen molar-refractivity contribution in [3.05, 3.63) is 70.9 Å². The van der Waals surface area contributed by atoms with E-state index in [9.17, 15) is 9.59 Å². The maximum atomic E-state index is 12.4. The highest BCUT2D eigenvalue weighted by molar-refractivity contribution is 6.30. The first-order valence-electron chi connectivity index (χ1n) is 8.03. The molecule has 0 atom stereocenters. The number of ether oxygens (including phenoxy) is 1. The number of carbonyl (C=O) groups excluding carboxylic acids is 2. The Balaban J connectivity index is 1.63. The molecule has 0 saturated heterocycles. The third kappa shape index (κ3) is 5.08. The van der Waals surface area contributed by atoms with Gasteiger partial charge in [0.2, 0.25) is 0 Å². The molecule has 0 bridgehead atoms. The molecule has 0 fully saturated rings. The Morgan fingerprint density at radius 2 is 1.85 bits per heavy atom. The minimum atomic E-state index is -0.419. The number of aryl methyl sites for hydroxylation is 1. The predicted molar refractivity (Wildman–Crippen MR) is 101 cm³/mol. The van der Waals surface area contributed by atoms with Gasteiger partial charge < -0.3 is 19.9 Å². The van der Waals surface area contributed by atoms with E-state index in [1.807, 2.05) is 0 Å². The zero-order valence-electron chi connectivity index (χ0n) is 14.4. The zero-order chi connectivity index (χ0) is 19.2. The average molecular weight is 386 g/mol. The number of rotatable bonds is 6. The van der Waals surface area contributed by atoms with Gasteiger partial charge in [0.1, 0.15) is 11.5 Å². The molecule has 7 nitrogen and oxygen atoms in total. The van der Waals surface area contributed by atoms with Gasteiger partial charge in [0.05, 0.1) is 11.3 Å². The van der Waals surface area contributed by atoms with Crippen LogP contribution < -0.4 is 15.4 Å². The van der Waals surface area contributed by atoms with Crippen molar-refractivity contribution in [3.8, 4) is 5.75 Å². The normalized spacial score (nSPS) is 10.3. The fourth-order valence-corrected chi connectivity index (χ4v) is 2.39. The standard InChI is InChI=1S/C19H16ClN3O4/c1-12-10-17(23-27-12)22-19(25)15-4-2-3-5-16(15)21-18(24)11-26-14-8-6-13(20)7-9-14/h2-10H,11H2,1H3,(H,21,24)(H,22,23,25). The van der Waals surface area contributed by atoms with Crippen LogP contribution in [0.3, 0.4) is 0 Å². The van der Waals surface area contributed by atoms with Crippen LogP contribution >= 0.6 is 11.6 Å². The van der Waals surface area contributed by atoms with Gasteiger partial charge in [-0.05, 0) is 43.3 Å². The number of anilines is 2. The molecule has 2 aromatic carbocycles. The summed E-state index contributed by atoms with van der Waals surface area (Å²) in [6.07, 6.45) is 0. The van der Waals surface area contributed by atoms with E-state index in [4.69, 9.17) is 20.9 Å². The quantitative estimate of drug-likeness (QED) is 0.671. The molecule has 0 radical (unpaired) electrons. The second-order valence-corrected chi connectivity index (χ2v) is 6.05. The predicted octanol–water partition coefficient (Wildman–Crippen LogP) is 3.91. The van der Waals surface area contributed by atoms with Crippen LogP contribution in [0.15, 0.2) is 59.1 Å². The van der Waals surface area contributed by atoms with E-state index in [0.717, 1.165) is 0 Å². The Bertz CT molecular complexity index is 954. The summed E-state index contributed by atoms with van der Waals surface area (Å²) in [5, 5.41) is 9.58. The van der Waals surface area contributed by atoms with E-state index >= 15 is 0 Å². The molecular formula is C19H16ClN3O4. The van der Waals surface area contributed by atoms with Crippen molar-refractivity contribution in [2.75, 3.05) is 17.2 Å². The lowest BCUT2D eigenvalue weighted by atomic mass is 10.1. The highest BCUT2D eigenvalue weighted by Crippen LogP contribution is 2.18. The minimum absolute atomic E-state index is 0.208. The van der Waals surface area contributed by atoms with Crippen LogP contribution in [0.2, 0.25) is 5.02 Å². The van der Waals surface area contributed by atoms with Gasteiger partial charge in [-0.3, -0.25) is 9.59 Å². The maximum Gasteiger partial charge on any atom is 0.262 e. The van der Waals surface area contributed by atoms with Crippen molar-refractivity contribution in [3.63, 3.8) is 0 Å². The van der Waals surface area contributed by atoms with E-state index in [1.54, 1.807) is 61.5 Å². The third-order valence-corrected chi connectivity index (χ3v) is 3.75. The molecule has 2 amide bonds. The highest BCUT2D eigenvalue weighted by atomic mass is 35.5. The van der Waals surface area contributed by atoms with Crippen molar-refractivity contribution >= 4 is 34.9 Å². The van der Waals surface area contributed by atoms with Gasteiger partial charge in [0, 0.05) is 11.1 Å². The van der Waals surface area contributed by atoms with Gasteiger partial charge in [-0.25, -0.2) is 0 Å². The lowest BCUT2D eigenvalue weighted by Gasteiger charge is -2.11. The molecule has 1 heterocycles. The summed E-state index contributed by atoms with van der Waals surface area (Å²) in [5.74, 6) is 0.568. The summed E-state index contributed by atoms with van der Waals surface area (Å²) in [6.45, 7) is 1.51. The Labute approximate surface area is 160 Å². The van der Waals surface area contributed by atoms with Crippen molar-refractivity contribution in [2.24, 2.45) is 0 Å². The number of para-hydroxylation sites is 1. The molecule has 3 aromatic rings. The van der Waals surface area contributed by atoms with Crippen molar-refractivity contribution in [2.45, 2.75) is 6.92 Å². The van der Waals surface area contributed by atoms with Gasteiger partial charge >= 0.3 is 0 Å². The topological polar surface area (TPSA) is 93.5 Å². The van der Waals surface area contributed by atoms with Crippen LogP contribution in [0.1, 0.15) is 16.1 Å². The average Bonchev–Trinajstić information content (AvgIpc) is 3.06. The Morgan fingerprint density at radius 1 is 1.11 bits per heavy atom. The molecule has 0 spiro atoms. The summed E-state index contributed by atoms with van der Waals surface area (Å²) < 4.78 is 10.3. The molecule has 1 aromatic heterocycles. The van der Waals surface area contributed by atoms with E-state index in [0.29, 0.717) is 28.0 Å². The fraction of sp³-hybridized carbons (Fsp3) is 0.105. The van der Waals surface area contributed by atoms with Crippen molar-refractivity contribution in [1.29, 1.82) is 0 Å². The summed E-state index contributed by atoms with van der Waals surface area (Å²) in [5.41, 5.74) is 0.651. The molecule has 0 saturated carbocycles. The van der Waals surface area contributed by atoms with E-state index in [2.05, 4.69) is 15.8 Å². The summed E-state index contributed by atoms with van der Waals surface area (Å²) >= 11 is 5.81. The van der Waals surface area contributed by atoms with Crippen molar-refractivity contribution in [1.82, 2.24) is 5.16 Å². The van der Waals surface area contributed by atoms with Gasteiger partial charge in [-0.2, -0.15) is 0 Å². The number of carbonyl (C=O) groups is 2. The third-order valence-electron chi connectivity index (χ3n) is 3.50. The fourth-order valence-electron chi connectivity index (χ4n) is 2.27. The molecule has 0 aliphatic carbocycles. The summed E-state index contributed by atoms with van der Waals surface area (Å²) in [6, 6.07) is 14.9. The van der Waals surface area contributed by atoms with Gasteiger partial charge in [0.15, 0.2) is 12.4 Å². The first-order valence-corrected chi connectivity index (χ1v) is 8.41. The molecule has 3 rings (SSSR count). The molecule has 138 valence electrons. The highest BCUT2D eigenvalue weighted by Gasteiger charge is 2.15. The number of hydrogen-bond acceptors (Lipinski definition) is 5. The van der Waals surface area contributed by atoms with Crippen LogP contribution in [0.5, 0.6) is 5.75 Å².